The van der Waals surface area contributed by atoms with Crippen molar-refractivity contribution in [2.75, 3.05) is 0 Å². The van der Waals surface area contributed by atoms with E-state index in [4.69, 9.17) is 11.6 Å². The normalized spacial score (nSPS) is 19.2. The fraction of sp³-hybridized carbons (Fsp3) is 0.333. The number of aromatic nitrogens is 1. The lowest BCUT2D eigenvalue weighted by atomic mass is 9.86. The first-order valence-corrected chi connectivity index (χ1v) is 10.6. The van der Waals surface area contributed by atoms with E-state index in [0.717, 1.165) is 35.7 Å². The minimum absolute atomic E-state index is 0.157. The quantitative estimate of drug-likeness (QED) is 0.659. The van der Waals surface area contributed by atoms with Crippen LogP contribution < -0.4 is 10.9 Å². The monoisotopic (exact) mass is 408 g/mol. The zero-order valence-corrected chi connectivity index (χ0v) is 17.3. The zero-order valence-electron chi connectivity index (χ0n) is 16.5. The maximum absolute atomic E-state index is 13.1. The lowest BCUT2D eigenvalue weighted by Gasteiger charge is -2.29. The van der Waals surface area contributed by atoms with E-state index >= 15 is 0 Å². The van der Waals surface area contributed by atoms with Crippen LogP contribution >= 0.6 is 11.6 Å². The Morgan fingerprint density at radius 1 is 1.10 bits per heavy atom. The Labute approximate surface area is 175 Å². The van der Waals surface area contributed by atoms with E-state index in [2.05, 4.69) is 12.2 Å². The van der Waals surface area contributed by atoms with Gasteiger partial charge in [0.25, 0.3) is 11.5 Å². The van der Waals surface area contributed by atoms with E-state index in [-0.39, 0.29) is 17.5 Å². The number of nitrogens with zero attached hydrogens (tertiary/aromatic N) is 1. The van der Waals surface area contributed by atoms with Crippen molar-refractivity contribution in [2.45, 2.75) is 45.2 Å². The molecule has 3 aromatic rings. The summed E-state index contributed by atoms with van der Waals surface area (Å²) in [4.78, 5) is 26.0. The van der Waals surface area contributed by atoms with Crippen LogP contribution in [-0.4, -0.2) is 16.5 Å². The van der Waals surface area contributed by atoms with Crippen LogP contribution in [0, 0.1) is 5.92 Å². The molecule has 0 aliphatic heterocycles. The lowest BCUT2D eigenvalue weighted by molar-refractivity contribution is 0.0911. The molecule has 1 aliphatic carbocycles. The molecule has 2 unspecified atom stereocenters. The number of nitrogens with one attached hydrogen (secondary N) is 1. The molecule has 1 fully saturated rings. The molecular weight excluding hydrogens is 384 g/mol. The standard InChI is InChI=1S/C24H25ClN2O2/c1-16-6-2-4-8-21(16)26-24(29)20-14-23(28)27(22-9-5-3-7-19(20)22)15-17-10-12-18(25)13-11-17/h3,5,7,9-14,16,21H,2,4,6,8,15H2,1H3,(H,26,29). The molecule has 2 atom stereocenters. The van der Waals surface area contributed by atoms with E-state index in [1.54, 1.807) is 4.57 Å². The number of fused-ring (bicyclic) bond motifs is 1. The van der Waals surface area contributed by atoms with Gasteiger partial charge in [-0.3, -0.25) is 9.59 Å². The summed E-state index contributed by atoms with van der Waals surface area (Å²) >= 11 is 5.97. The van der Waals surface area contributed by atoms with E-state index in [0.29, 0.717) is 23.0 Å². The maximum atomic E-state index is 13.1. The summed E-state index contributed by atoms with van der Waals surface area (Å²) in [6.45, 7) is 2.62. The second-order valence-electron chi connectivity index (χ2n) is 7.97. The number of benzene rings is 2. The molecule has 0 spiro atoms. The Morgan fingerprint density at radius 3 is 2.59 bits per heavy atom. The first kappa shape index (κ1) is 19.7. The number of para-hydroxylation sites is 1. The summed E-state index contributed by atoms with van der Waals surface area (Å²) in [5, 5.41) is 4.63. The smallest absolute Gasteiger partial charge is 0.252 e. The van der Waals surface area contributed by atoms with E-state index in [1.807, 2.05) is 48.5 Å². The number of carbonyl (C=O) groups excluding carboxylic acids is 1. The van der Waals surface area contributed by atoms with Gasteiger partial charge >= 0.3 is 0 Å². The van der Waals surface area contributed by atoms with Crippen LogP contribution in [-0.2, 0) is 6.54 Å². The number of pyridine rings is 1. The molecule has 1 N–H and O–H groups in total. The van der Waals surface area contributed by atoms with Crippen molar-refractivity contribution in [3.63, 3.8) is 0 Å². The predicted molar refractivity (Wildman–Crippen MR) is 118 cm³/mol. The Kier molecular flexibility index (Phi) is 5.72. The fourth-order valence-corrected chi connectivity index (χ4v) is 4.36. The number of halogens is 1. The summed E-state index contributed by atoms with van der Waals surface area (Å²) in [6.07, 6.45) is 4.49. The number of carbonyl (C=O) groups is 1. The van der Waals surface area contributed by atoms with E-state index in [9.17, 15) is 9.59 Å². The molecule has 0 radical (unpaired) electrons. The minimum Gasteiger partial charge on any atom is -0.349 e. The van der Waals surface area contributed by atoms with Crippen molar-refractivity contribution in [1.82, 2.24) is 9.88 Å². The van der Waals surface area contributed by atoms with Gasteiger partial charge in [0.1, 0.15) is 0 Å². The van der Waals surface area contributed by atoms with E-state index in [1.165, 1.54) is 12.5 Å². The summed E-state index contributed by atoms with van der Waals surface area (Å²) in [5.74, 6) is 0.305. The van der Waals surface area contributed by atoms with Crippen molar-refractivity contribution >= 4 is 28.4 Å². The van der Waals surface area contributed by atoms with Crippen molar-refractivity contribution in [3.05, 3.63) is 81.1 Å². The topological polar surface area (TPSA) is 51.1 Å². The Morgan fingerprint density at radius 2 is 1.83 bits per heavy atom. The van der Waals surface area contributed by atoms with Crippen LogP contribution in [0.3, 0.4) is 0 Å². The van der Waals surface area contributed by atoms with E-state index < -0.39 is 0 Å². The van der Waals surface area contributed by atoms with Gasteiger partial charge in [0.15, 0.2) is 0 Å². The SMILES string of the molecule is CC1CCCCC1NC(=O)c1cc(=O)n(Cc2ccc(Cl)cc2)c2ccccc12. The van der Waals surface area contributed by atoms with Crippen LogP contribution in [0.25, 0.3) is 10.9 Å². The maximum Gasteiger partial charge on any atom is 0.252 e. The lowest BCUT2D eigenvalue weighted by Crippen LogP contribution is -2.41. The van der Waals surface area contributed by atoms with Crippen LogP contribution in [0.1, 0.15) is 48.5 Å². The van der Waals surface area contributed by atoms with Gasteiger partial charge in [0.2, 0.25) is 0 Å². The molecule has 1 aromatic heterocycles. The average molecular weight is 409 g/mol. The zero-order chi connectivity index (χ0) is 20.4. The van der Waals surface area contributed by atoms with Crippen LogP contribution in [0.5, 0.6) is 0 Å². The molecule has 0 bridgehead atoms. The average Bonchev–Trinajstić information content (AvgIpc) is 2.73. The van der Waals surface area contributed by atoms with Gasteiger partial charge in [0, 0.05) is 22.5 Å². The summed E-state index contributed by atoms with van der Waals surface area (Å²) in [7, 11) is 0. The second kappa shape index (κ2) is 8.42. The largest absolute Gasteiger partial charge is 0.349 e. The van der Waals surface area contributed by atoms with Gasteiger partial charge < -0.3 is 9.88 Å². The summed E-state index contributed by atoms with van der Waals surface area (Å²) in [6, 6.07) is 16.7. The molecule has 150 valence electrons. The molecule has 29 heavy (non-hydrogen) atoms. The van der Waals surface area contributed by atoms with Gasteiger partial charge in [-0.1, -0.05) is 61.7 Å². The first-order valence-electron chi connectivity index (χ1n) is 10.2. The molecule has 1 amide bonds. The van der Waals surface area contributed by atoms with Crippen molar-refractivity contribution < 1.29 is 4.79 Å². The second-order valence-corrected chi connectivity index (χ2v) is 8.40. The highest BCUT2D eigenvalue weighted by Gasteiger charge is 2.24. The number of amides is 1. The van der Waals surface area contributed by atoms with Crippen molar-refractivity contribution in [1.29, 1.82) is 0 Å². The van der Waals surface area contributed by atoms with Gasteiger partial charge in [-0.2, -0.15) is 0 Å². The number of rotatable bonds is 4. The number of hydrogen-bond donors (Lipinski definition) is 1. The Hall–Kier alpha value is -2.59. The fourth-order valence-electron chi connectivity index (χ4n) is 4.23. The molecule has 1 aliphatic rings. The van der Waals surface area contributed by atoms with Crippen LogP contribution in [0.15, 0.2) is 59.4 Å². The molecule has 4 nitrogen and oxygen atoms in total. The van der Waals surface area contributed by atoms with Gasteiger partial charge in [-0.15, -0.1) is 0 Å². The number of hydrogen-bond acceptors (Lipinski definition) is 2. The molecule has 0 saturated heterocycles. The summed E-state index contributed by atoms with van der Waals surface area (Å²) in [5.41, 5.74) is 2.02. The highest BCUT2D eigenvalue weighted by molar-refractivity contribution is 6.30. The Bertz CT molecular complexity index is 1090. The third-order valence-corrected chi connectivity index (χ3v) is 6.20. The molecule has 4 rings (SSSR count). The Balaban J connectivity index is 1.70. The van der Waals surface area contributed by atoms with Crippen LogP contribution in [0.2, 0.25) is 5.02 Å². The first-order chi connectivity index (χ1) is 14.0. The molecule has 2 aromatic carbocycles. The van der Waals surface area contributed by atoms with Gasteiger partial charge in [-0.05, 0) is 42.5 Å². The molecule has 1 saturated carbocycles. The highest BCUT2D eigenvalue weighted by Crippen LogP contribution is 2.25. The minimum atomic E-state index is -0.180. The van der Waals surface area contributed by atoms with Crippen molar-refractivity contribution in [2.24, 2.45) is 5.92 Å². The third-order valence-electron chi connectivity index (χ3n) is 5.95. The third kappa shape index (κ3) is 4.23. The highest BCUT2D eigenvalue weighted by atomic mass is 35.5. The van der Waals surface area contributed by atoms with Crippen LogP contribution in [0.4, 0.5) is 0 Å². The van der Waals surface area contributed by atoms with Crippen molar-refractivity contribution in [3.8, 4) is 0 Å². The van der Waals surface area contributed by atoms with Gasteiger partial charge in [-0.25, -0.2) is 0 Å². The molecular formula is C24H25ClN2O2. The molecule has 1 heterocycles. The molecule has 5 heteroatoms. The van der Waals surface area contributed by atoms with Gasteiger partial charge in [0.05, 0.1) is 17.6 Å². The predicted octanol–water partition coefficient (Wildman–Crippen LogP) is 5.01. The summed E-state index contributed by atoms with van der Waals surface area (Å²) < 4.78 is 1.71.